The van der Waals surface area contributed by atoms with E-state index in [1.807, 2.05) is 54.6 Å². The van der Waals surface area contributed by atoms with Crippen LogP contribution in [0.25, 0.3) is 0 Å². The number of amides is 1. The summed E-state index contributed by atoms with van der Waals surface area (Å²) < 4.78 is -1.05. The molecule has 3 rings (SSSR count). The Morgan fingerprint density at radius 3 is 2.09 bits per heavy atom. The van der Waals surface area contributed by atoms with Gasteiger partial charge in [-0.25, -0.2) is 0 Å². The third kappa shape index (κ3) is 7.49. The summed E-state index contributed by atoms with van der Waals surface area (Å²) in [7, 11) is 0. The van der Waals surface area contributed by atoms with E-state index < -0.39 is 9.96 Å². The fraction of sp³-hybridized carbons (Fsp3) is 0.130. The smallest absolute Gasteiger partial charge is 0.254 e. The van der Waals surface area contributed by atoms with E-state index >= 15 is 0 Å². The monoisotopic (exact) mass is 617 g/mol. The van der Waals surface area contributed by atoms with Crippen molar-refractivity contribution in [3.63, 3.8) is 0 Å². The van der Waals surface area contributed by atoms with Crippen molar-refractivity contribution in [3.8, 4) is 0 Å². The van der Waals surface area contributed by atoms with Gasteiger partial charge in [0.2, 0.25) is 3.79 Å². The van der Waals surface area contributed by atoms with Crippen LogP contribution in [-0.2, 0) is 6.42 Å². The molecule has 4 nitrogen and oxygen atoms in total. The Kier molecular flexibility index (Phi) is 9.02. The highest BCUT2D eigenvalue weighted by Crippen LogP contribution is 2.29. The van der Waals surface area contributed by atoms with Crippen molar-refractivity contribution in [2.45, 2.75) is 16.4 Å². The second kappa shape index (κ2) is 11.5. The quantitative estimate of drug-likeness (QED) is 0.132. The van der Waals surface area contributed by atoms with E-state index in [1.54, 1.807) is 12.1 Å². The minimum Gasteiger partial charge on any atom is -0.339 e. The molecule has 0 saturated heterocycles. The summed E-state index contributed by atoms with van der Waals surface area (Å²) in [5.74, 6) is -0.383. The van der Waals surface area contributed by atoms with E-state index in [0.717, 1.165) is 15.7 Å². The molecule has 9 heteroatoms. The Bertz CT molecular complexity index is 1080. The maximum Gasteiger partial charge on any atom is 0.254 e. The van der Waals surface area contributed by atoms with Crippen LogP contribution in [0.1, 0.15) is 21.5 Å². The molecular formula is C23H19Cl3IN3OS. The first-order valence-corrected chi connectivity index (χ1v) is 12.2. The van der Waals surface area contributed by atoms with Crippen molar-refractivity contribution in [1.29, 1.82) is 0 Å². The van der Waals surface area contributed by atoms with Crippen molar-refractivity contribution >= 4 is 86.3 Å². The first-order chi connectivity index (χ1) is 15.2. The third-order valence-corrected chi connectivity index (χ3v) is 6.27. The maximum atomic E-state index is 12.7. The summed E-state index contributed by atoms with van der Waals surface area (Å²) in [6.45, 7) is 0. The first kappa shape index (κ1) is 25.1. The van der Waals surface area contributed by atoms with E-state index in [-0.39, 0.29) is 11.0 Å². The molecule has 3 aromatic rings. The standard InChI is InChI=1S/C23H19Cl3IN3OS/c24-23(25,26)21(29-20(31)18-8-4-5-9-19(18)27)30-22(32)28-17-12-10-16(11-13-17)14-15-6-2-1-3-7-15/h1-13,21H,14H2,(H,29,31)(H2,28,30,32)/t21-/m1/s1. The van der Waals surface area contributed by atoms with Gasteiger partial charge in [-0.2, -0.15) is 0 Å². The number of halogens is 4. The Labute approximate surface area is 221 Å². The van der Waals surface area contributed by atoms with Crippen LogP contribution in [0.2, 0.25) is 0 Å². The Balaban J connectivity index is 1.61. The van der Waals surface area contributed by atoms with Crippen LogP contribution in [0.3, 0.4) is 0 Å². The van der Waals surface area contributed by atoms with Gasteiger partial charge in [-0.15, -0.1) is 0 Å². The van der Waals surface area contributed by atoms with Crippen molar-refractivity contribution < 1.29 is 4.79 Å². The number of carbonyl (C=O) groups is 1. The number of hydrogen-bond donors (Lipinski definition) is 3. The van der Waals surface area contributed by atoms with Crippen LogP contribution < -0.4 is 16.0 Å². The zero-order valence-electron chi connectivity index (χ0n) is 16.6. The molecule has 0 aromatic heterocycles. The zero-order valence-corrected chi connectivity index (χ0v) is 21.9. The van der Waals surface area contributed by atoms with E-state index in [4.69, 9.17) is 47.0 Å². The lowest BCUT2D eigenvalue weighted by molar-refractivity contribution is 0.0933. The van der Waals surface area contributed by atoms with Gasteiger partial charge in [0.15, 0.2) is 5.11 Å². The van der Waals surface area contributed by atoms with Crippen LogP contribution >= 0.6 is 69.6 Å². The second-order valence-corrected chi connectivity index (χ2v) is 10.8. The lowest BCUT2D eigenvalue weighted by Gasteiger charge is -2.28. The molecule has 0 fully saturated rings. The molecule has 1 atom stereocenters. The van der Waals surface area contributed by atoms with E-state index in [1.165, 1.54) is 11.1 Å². The molecule has 3 N–H and O–H groups in total. The molecular weight excluding hydrogens is 600 g/mol. The normalized spacial score (nSPS) is 12.0. The van der Waals surface area contributed by atoms with Gasteiger partial charge >= 0.3 is 0 Å². The SMILES string of the molecule is O=C(N[C@H](NC(=S)Nc1ccc(Cc2ccccc2)cc1)C(Cl)(Cl)Cl)c1ccccc1I. The number of hydrogen-bond acceptors (Lipinski definition) is 2. The van der Waals surface area contributed by atoms with Crippen molar-refractivity contribution in [3.05, 3.63) is 99.1 Å². The van der Waals surface area contributed by atoms with Gasteiger partial charge in [-0.3, -0.25) is 4.79 Å². The van der Waals surface area contributed by atoms with Gasteiger partial charge in [0.05, 0.1) is 5.56 Å². The van der Waals surface area contributed by atoms with Crippen LogP contribution in [0, 0.1) is 3.57 Å². The lowest BCUT2D eigenvalue weighted by Crippen LogP contribution is -2.56. The number of benzene rings is 3. The maximum absolute atomic E-state index is 12.7. The van der Waals surface area contributed by atoms with Crippen LogP contribution in [0.4, 0.5) is 5.69 Å². The Morgan fingerprint density at radius 2 is 1.47 bits per heavy atom. The number of carbonyl (C=O) groups excluding carboxylic acids is 1. The molecule has 0 spiro atoms. The minimum absolute atomic E-state index is 0.209. The summed E-state index contributed by atoms with van der Waals surface area (Å²) in [6, 6.07) is 25.2. The molecule has 166 valence electrons. The van der Waals surface area contributed by atoms with Gasteiger partial charge in [-0.05, 0) is 76.6 Å². The Morgan fingerprint density at radius 1 is 0.875 bits per heavy atom. The summed E-state index contributed by atoms with van der Waals surface area (Å²) in [4.78, 5) is 12.7. The summed E-state index contributed by atoms with van der Waals surface area (Å²) in [5, 5.41) is 8.82. The molecule has 0 saturated carbocycles. The fourth-order valence-electron chi connectivity index (χ4n) is 2.89. The van der Waals surface area contributed by atoms with Gasteiger partial charge in [0.25, 0.3) is 5.91 Å². The van der Waals surface area contributed by atoms with Crippen molar-refractivity contribution in [2.24, 2.45) is 0 Å². The Hall–Kier alpha value is -1.58. The van der Waals surface area contributed by atoms with E-state index in [9.17, 15) is 4.79 Å². The molecule has 0 heterocycles. The highest BCUT2D eigenvalue weighted by atomic mass is 127. The van der Waals surface area contributed by atoms with Gasteiger partial charge < -0.3 is 16.0 Å². The molecule has 3 aromatic carbocycles. The number of rotatable bonds is 6. The predicted molar refractivity (Wildman–Crippen MR) is 146 cm³/mol. The van der Waals surface area contributed by atoms with Crippen molar-refractivity contribution in [2.75, 3.05) is 5.32 Å². The summed E-state index contributed by atoms with van der Waals surface area (Å²) in [5.41, 5.74) is 3.65. The van der Waals surface area contributed by atoms with Crippen LogP contribution in [-0.4, -0.2) is 21.0 Å². The first-order valence-electron chi connectivity index (χ1n) is 9.55. The second-order valence-electron chi connectivity index (χ2n) is 6.89. The number of thiocarbonyl (C=S) groups is 1. The van der Waals surface area contributed by atoms with Crippen LogP contribution in [0.5, 0.6) is 0 Å². The summed E-state index contributed by atoms with van der Waals surface area (Å²) in [6.07, 6.45) is -0.211. The average molecular weight is 619 g/mol. The summed E-state index contributed by atoms with van der Waals surface area (Å²) >= 11 is 25.7. The number of alkyl halides is 3. The highest BCUT2D eigenvalue weighted by Gasteiger charge is 2.35. The lowest BCUT2D eigenvalue weighted by atomic mass is 10.1. The third-order valence-electron chi connectivity index (χ3n) is 4.46. The molecule has 0 unspecified atom stereocenters. The number of anilines is 1. The van der Waals surface area contributed by atoms with Crippen molar-refractivity contribution in [1.82, 2.24) is 10.6 Å². The fourth-order valence-corrected chi connectivity index (χ4v) is 4.09. The highest BCUT2D eigenvalue weighted by molar-refractivity contribution is 14.1. The molecule has 0 bridgehead atoms. The minimum atomic E-state index is -1.83. The van der Waals surface area contributed by atoms with Gasteiger partial charge in [0, 0.05) is 9.26 Å². The van der Waals surface area contributed by atoms with Crippen LogP contribution in [0.15, 0.2) is 78.9 Å². The van der Waals surface area contributed by atoms with Gasteiger partial charge in [0.1, 0.15) is 6.17 Å². The topological polar surface area (TPSA) is 53.2 Å². The molecule has 32 heavy (non-hydrogen) atoms. The predicted octanol–water partition coefficient (Wildman–Crippen LogP) is 6.29. The molecule has 1 amide bonds. The van der Waals surface area contributed by atoms with Gasteiger partial charge in [-0.1, -0.05) is 89.4 Å². The molecule has 0 aliphatic rings. The molecule has 0 radical (unpaired) electrons. The zero-order chi connectivity index (χ0) is 23.1. The molecule has 0 aliphatic carbocycles. The average Bonchev–Trinajstić information content (AvgIpc) is 2.75. The van der Waals surface area contributed by atoms with E-state index in [2.05, 4.69) is 50.7 Å². The van der Waals surface area contributed by atoms with E-state index in [0.29, 0.717) is 5.56 Å². The largest absolute Gasteiger partial charge is 0.339 e. The molecule has 0 aliphatic heterocycles. The number of nitrogens with one attached hydrogen (secondary N) is 3.